The van der Waals surface area contributed by atoms with Gasteiger partial charge < -0.3 is 9.84 Å². The summed E-state index contributed by atoms with van der Waals surface area (Å²) >= 11 is 2.07. The molecule has 1 N–H and O–H groups in total. The molecule has 0 radical (unpaired) electrons. The van der Waals surface area contributed by atoms with Crippen LogP contribution in [0.2, 0.25) is 0 Å². The van der Waals surface area contributed by atoms with Crippen LogP contribution in [0.5, 0.6) is 5.75 Å². The molecule has 0 spiro atoms. The molecule has 2 rings (SSSR count). The molecule has 1 aromatic carbocycles. The number of pyridine rings is 1. The second kappa shape index (κ2) is 6.01. The molecule has 5 heteroatoms. The van der Waals surface area contributed by atoms with Crippen LogP contribution in [0.15, 0.2) is 36.7 Å². The number of hydrogen-bond acceptors (Lipinski definition) is 3. The number of carboxylic acids is 1. The summed E-state index contributed by atoms with van der Waals surface area (Å²) in [6, 6.07) is 7.04. The summed E-state index contributed by atoms with van der Waals surface area (Å²) < 4.78 is 6.43. The van der Waals surface area contributed by atoms with Crippen molar-refractivity contribution in [3.63, 3.8) is 0 Å². The Hall–Kier alpha value is -1.63. The van der Waals surface area contributed by atoms with Crippen LogP contribution >= 0.6 is 22.6 Å². The number of ether oxygens (including phenoxy) is 1. The molecule has 19 heavy (non-hydrogen) atoms. The molecule has 1 heterocycles. The van der Waals surface area contributed by atoms with Crippen molar-refractivity contribution >= 4 is 28.6 Å². The topological polar surface area (TPSA) is 59.4 Å². The zero-order chi connectivity index (χ0) is 13.8. The molecule has 0 unspecified atom stereocenters. The fraction of sp³-hybridized carbons (Fsp3) is 0.143. The van der Waals surface area contributed by atoms with E-state index >= 15 is 0 Å². The fourth-order valence-electron chi connectivity index (χ4n) is 1.65. The van der Waals surface area contributed by atoms with Gasteiger partial charge in [-0.1, -0.05) is 0 Å². The Balaban J connectivity index is 2.17. The first-order chi connectivity index (χ1) is 9.06. The third-order valence-corrected chi connectivity index (χ3v) is 3.17. The summed E-state index contributed by atoms with van der Waals surface area (Å²) in [5, 5.41) is 9.14. The first kappa shape index (κ1) is 13.8. The second-order valence-corrected chi connectivity index (χ2v) is 5.35. The van der Waals surface area contributed by atoms with Crippen molar-refractivity contribution in [3.8, 4) is 5.75 Å². The molecule has 0 saturated carbocycles. The van der Waals surface area contributed by atoms with Gasteiger partial charge in [0.2, 0.25) is 0 Å². The van der Waals surface area contributed by atoms with Crippen molar-refractivity contribution in [3.05, 3.63) is 56.9 Å². The van der Waals surface area contributed by atoms with E-state index in [9.17, 15) is 4.79 Å². The first-order valence-corrected chi connectivity index (χ1v) is 6.70. The Kier molecular flexibility index (Phi) is 4.36. The maximum atomic E-state index is 11.1. The molecule has 2 aromatic rings. The highest BCUT2D eigenvalue weighted by Gasteiger charge is 2.12. The number of aromatic carboxylic acids is 1. The van der Waals surface area contributed by atoms with Crippen LogP contribution in [0.25, 0.3) is 0 Å². The number of rotatable bonds is 4. The molecule has 0 saturated heterocycles. The summed E-state index contributed by atoms with van der Waals surface area (Å²) in [6.45, 7) is 2.25. The van der Waals surface area contributed by atoms with Gasteiger partial charge in [0.1, 0.15) is 17.9 Å². The van der Waals surface area contributed by atoms with E-state index < -0.39 is 5.97 Å². The van der Waals surface area contributed by atoms with Crippen LogP contribution in [0, 0.1) is 10.5 Å². The van der Waals surface area contributed by atoms with E-state index in [1.807, 2.05) is 19.1 Å². The molecule has 0 bridgehead atoms. The van der Waals surface area contributed by atoms with Crippen LogP contribution in [-0.2, 0) is 6.61 Å². The summed E-state index contributed by atoms with van der Waals surface area (Å²) in [5.41, 5.74) is 2.13. The van der Waals surface area contributed by atoms with Crippen LogP contribution in [0.1, 0.15) is 21.5 Å². The SMILES string of the molecule is Cc1cncc(COc2ccc(I)cc2C(=O)O)c1. The minimum absolute atomic E-state index is 0.174. The van der Waals surface area contributed by atoms with Gasteiger partial charge in [-0.2, -0.15) is 0 Å². The Morgan fingerprint density at radius 1 is 1.37 bits per heavy atom. The number of nitrogens with zero attached hydrogens (tertiary/aromatic N) is 1. The van der Waals surface area contributed by atoms with Crippen LogP contribution < -0.4 is 4.74 Å². The van der Waals surface area contributed by atoms with Crippen molar-refractivity contribution in [1.82, 2.24) is 4.98 Å². The van der Waals surface area contributed by atoms with Crippen LogP contribution in [-0.4, -0.2) is 16.1 Å². The highest BCUT2D eigenvalue weighted by atomic mass is 127. The first-order valence-electron chi connectivity index (χ1n) is 5.62. The quantitative estimate of drug-likeness (QED) is 0.841. The van der Waals surface area contributed by atoms with Gasteiger partial charge in [-0.15, -0.1) is 0 Å². The van der Waals surface area contributed by atoms with E-state index in [0.29, 0.717) is 12.4 Å². The monoisotopic (exact) mass is 369 g/mol. The van der Waals surface area contributed by atoms with Gasteiger partial charge in [-0.05, 0) is 59.3 Å². The Morgan fingerprint density at radius 2 is 2.16 bits per heavy atom. The lowest BCUT2D eigenvalue weighted by molar-refractivity contribution is 0.0691. The highest BCUT2D eigenvalue weighted by Crippen LogP contribution is 2.22. The zero-order valence-electron chi connectivity index (χ0n) is 10.3. The maximum Gasteiger partial charge on any atom is 0.339 e. The molecule has 4 nitrogen and oxygen atoms in total. The lowest BCUT2D eigenvalue weighted by Gasteiger charge is -2.09. The number of benzene rings is 1. The van der Waals surface area contributed by atoms with Gasteiger partial charge in [-0.3, -0.25) is 4.98 Å². The lowest BCUT2D eigenvalue weighted by atomic mass is 10.2. The van der Waals surface area contributed by atoms with Crippen molar-refractivity contribution in [2.24, 2.45) is 0 Å². The number of aromatic nitrogens is 1. The molecule has 0 atom stereocenters. The van der Waals surface area contributed by atoms with Gasteiger partial charge in [0, 0.05) is 21.5 Å². The number of hydrogen-bond donors (Lipinski definition) is 1. The molecule has 0 amide bonds. The molecular weight excluding hydrogens is 357 g/mol. The van der Waals surface area contributed by atoms with Crippen molar-refractivity contribution in [2.75, 3.05) is 0 Å². The largest absolute Gasteiger partial charge is 0.488 e. The minimum atomic E-state index is -0.990. The summed E-state index contributed by atoms with van der Waals surface area (Å²) in [4.78, 5) is 15.2. The Labute approximate surface area is 124 Å². The van der Waals surface area contributed by atoms with E-state index in [1.54, 1.807) is 24.5 Å². The van der Waals surface area contributed by atoms with E-state index in [4.69, 9.17) is 9.84 Å². The average molecular weight is 369 g/mol. The predicted molar refractivity (Wildman–Crippen MR) is 79.4 cm³/mol. The third kappa shape index (κ3) is 3.66. The fourth-order valence-corrected chi connectivity index (χ4v) is 2.14. The Morgan fingerprint density at radius 3 is 2.84 bits per heavy atom. The van der Waals surface area contributed by atoms with E-state index in [0.717, 1.165) is 14.7 Å². The highest BCUT2D eigenvalue weighted by molar-refractivity contribution is 14.1. The number of halogens is 1. The smallest absolute Gasteiger partial charge is 0.339 e. The predicted octanol–water partition coefficient (Wildman–Crippen LogP) is 3.27. The van der Waals surface area contributed by atoms with Crippen LogP contribution in [0.4, 0.5) is 0 Å². The summed E-state index contributed by atoms with van der Waals surface area (Å²) in [5.74, 6) is -0.620. The maximum absolute atomic E-state index is 11.1. The van der Waals surface area contributed by atoms with E-state index in [1.165, 1.54) is 0 Å². The average Bonchev–Trinajstić information content (AvgIpc) is 2.37. The number of carbonyl (C=O) groups is 1. The van der Waals surface area contributed by atoms with Gasteiger partial charge in [0.05, 0.1) is 0 Å². The number of carboxylic acid groups (broad SMARTS) is 1. The zero-order valence-corrected chi connectivity index (χ0v) is 12.4. The Bertz CT molecular complexity index is 613. The molecule has 0 fully saturated rings. The van der Waals surface area contributed by atoms with Crippen LogP contribution in [0.3, 0.4) is 0 Å². The molecule has 0 aliphatic rings. The normalized spacial score (nSPS) is 10.2. The standard InChI is InChI=1S/C14H12INO3/c1-9-4-10(7-16-6-9)8-19-13-3-2-11(15)5-12(13)14(17)18/h2-7H,8H2,1H3,(H,17,18). The lowest BCUT2D eigenvalue weighted by Crippen LogP contribution is -2.04. The molecular formula is C14H12INO3. The molecule has 0 aliphatic carbocycles. The van der Waals surface area contributed by atoms with Crippen molar-refractivity contribution in [1.29, 1.82) is 0 Å². The summed E-state index contributed by atoms with van der Waals surface area (Å²) in [7, 11) is 0. The van der Waals surface area contributed by atoms with Crippen molar-refractivity contribution < 1.29 is 14.6 Å². The molecule has 1 aromatic heterocycles. The van der Waals surface area contributed by atoms with Crippen molar-refractivity contribution in [2.45, 2.75) is 13.5 Å². The third-order valence-electron chi connectivity index (χ3n) is 2.50. The van der Waals surface area contributed by atoms with Gasteiger partial charge >= 0.3 is 5.97 Å². The molecule has 0 aliphatic heterocycles. The van der Waals surface area contributed by atoms with Gasteiger partial charge in [0.25, 0.3) is 0 Å². The second-order valence-electron chi connectivity index (χ2n) is 4.10. The van der Waals surface area contributed by atoms with E-state index in [2.05, 4.69) is 27.6 Å². The molecule has 98 valence electrons. The minimum Gasteiger partial charge on any atom is -0.488 e. The van der Waals surface area contributed by atoms with E-state index in [-0.39, 0.29) is 5.56 Å². The van der Waals surface area contributed by atoms with Gasteiger partial charge in [0.15, 0.2) is 0 Å². The van der Waals surface area contributed by atoms with Gasteiger partial charge in [-0.25, -0.2) is 4.79 Å². The summed E-state index contributed by atoms with van der Waals surface area (Å²) in [6.07, 6.45) is 3.47. The number of aryl methyl sites for hydroxylation is 1.